The number of rotatable bonds is 4. The van der Waals surface area contributed by atoms with Gasteiger partial charge in [0.15, 0.2) is 0 Å². The molecule has 0 bridgehead atoms. The molecule has 90 valence electrons. The van der Waals surface area contributed by atoms with E-state index in [-0.39, 0.29) is 6.04 Å². The lowest BCUT2D eigenvalue weighted by Crippen LogP contribution is -2.21. The minimum atomic E-state index is 0.206. The molecule has 2 rings (SSSR count). The smallest absolute Gasteiger partial charge is 0.0745 e. The lowest BCUT2D eigenvalue weighted by molar-refractivity contribution is 0.561. The molecule has 0 aliphatic carbocycles. The molecule has 1 N–H and O–H groups in total. The van der Waals surface area contributed by atoms with Gasteiger partial charge in [-0.3, -0.25) is 4.68 Å². The fourth-order valence-corrected chi connectivity index (χ4v) is 2.18. The minimum absolute atomic E-state index is 0.206. The highest BCUT2D eigenvalue weighted by atomic mass is 15.3. The molecule has 0 saturated heterocycles. The summed E-state index contributed by atoms with van der Waals surface area (Å²) >= 11 is 0. The van der Waals surface area contributed by atoms with Gasteiger partial charge in [-0.05, 0) is 32.5 Å². The molecule has 0 saturated carbocycles. The molecule has 0 fully saturated rings. The predicted octanol–water partition coefficient (Wildman–Crippen LogP) is 2.52. The van der Waals surface area contributed by atoms with Gasteiger partial charge in [0, 0.05) is 6.54 Å². The van der Waals surface area contributed by atoms with Crippen molar-refractivity contribution in [1.29, 1.82) is 0 Å². The molecule has 0 aliphatic heterocycles. The Hall–Kier alpha value is -1.61. The van der Waals surface area contributed by atoms with Crippen LogP contribution in [0, 0.1) is 6.92 Å². The molecule has 1 unspecified atom stereocenters. The Balaban J connectivity index is 2.42. The van der Waals surface area contributed by atoms with E-state index in [1.807, 2.05) is 20.0 Å². The first kappa shape index (κ1) is 11.9. The van der Waals surface area contributed by atoms with Crippen molar-refractivity contribution >= 4 is 0 Å². The summed E-state index contributed by atoms with van der Waals surface area (Å²) in [6.45, 7) is 5.05. The van der Waals surface area contributed by atoms with Crippen LogP contribution >= 0.6 is 0 Å². The first-order chi connectivity index (χ1) is 8.26. The summed E-state index contributed by atoms with van der Waals surface area (Å²) in [5, 5.41) is 7.86. The van der Waals surface area contributed by atoms with E-state index in [9.17, 15) is 0 Å². The summed E-state index contributed by atoms with van der Waals surface area (Å²) in [4.78, 5) is 0. The minimum Gasteiger partial charge on any atom is -0.308 e. The van der Waals surface area contributed by atoms with Gasteiger partial charge >= 0.3 is 0 Å². The lowest BCUT2D eigenvalue weighted by Gasteiger charge is -2.17. The second-order valence-electron chi connectivity index (χ2n) is 4.16. The Morgan fingerprint density at radius 1 is 1.29 bits per heavy atom. The highest BCUT2D eigenvalue weighted by molar-refractivity contribution is 5.28. The zero-order valence-electron chi connectivity index (χ0n) is 10.6. The Labute approximate surface area is 102 Å². The van der Waals surface area contributed by atoms with E-state index in [2.05, 4.69) is 52.4 Å². The predicted molar refractivity (Wildman–Crippen MR) is 70.0 cm³/mol. The van der Waals surface area contributed by atoms with Crippen LogP contribution in [0.3, 0.4) is 0 Å². The fraction of sp³-hybridized carbons (Fsp3) is 0.357. The third-order valence-corrected chi connectivity index (χ3v) is 2.95. The van der Waals surface area contributed by atoms with Crippen LogP contribution in [0.4, 0.5) is 0 Å². The van der Waals surface area contributed by atoms with Gasteiger partial charge < -0.3 is 5.32 Å². The number of aromatic nitrogens is 2. The summed E-state index contributed by atoms with van der Waals surface area (Å²) in [6, 6.07) is 12.8. The standard InChI is InChI=1S/C14H19N3/c1-4-17-13(10-11(2)16-17)14(15-3)12-8-6-5-7-9-12/h5-10,14-15H,4H2,1-3H3. The summed E-state index contributed by atoms with van der Waals surface area (Å²) in [5.41, 5.74) is 3.56. The van der Waals surface area contributed by atoms with Gasteiger partial charge in [-0.2, -0.15) is 5.10 Å². The maximum absolute atomic E-state index is 4.50. The average molecular weight is 229 g/mol. The number of nitrogens with zero attached hydrogens (tertiary/aromatic N) is 2. The van der Waals surface area contributed by atoms with Crippen molar-refractivity contribution in [3.63, 3.8) is 0 Å². The first-order valence-corrected chi connectivity index (χ1v) is 6.02. The average Bonchev–Trinajstić information content (AvgIpc) is 2.73. The van der Waals surface area contributed by atoms with E-state index >= 15 is 0 Å². The zero-order valence-corrected chi connectivity index (χ0v) is 10.6. The number of benzene rings is 1. The van der Waals surface area contributed by atoms with Gasteiger partial charge in [0.05, 0.1) is 17.4 Å². The van der Waals surface area contributed by atoms with Gasteiger partial charge in [0.2, 0.25) is 0 Å². The SMILES string of the molecule is CCn1nc(C)cc1C(NC)c1ccccc1. The highest BCUT2D eigenvalue weighted by Crippen LogP contribution is 2.22. The van der Waals surface area contributed by atoms with Crippen molar-refractivity contribution in [3.05, 3.63) is 53.3 Å². The second-order valence-corrected chi connectivity index (χ2v) is 4.16. The Bertz CT molecular complexity index is 473. The van der Waals surface area contributed by atoms with Crippen molar-refractivity contribution in [2.45, 2.75) is 26.4 Å². The van der Waals surface area contributed by atoms with E-state index in [1.54, 1.807) is 0 Å². The fourth-order valence-electron chi connectivity index (χ4n) is 2.18. The number of hydrogen-bond donors (Lipinski definition) is 1. The van der Waals surface area contributed by atoms with Crippen LogP contribution in [-0.2, 0) is 6.54 Å². The van der Waals surface area contributed by atoms with Crippen LogP contribution in [-0.4, -0.2) is 16.8 Å². The van der Waals surface area contributed by atoms with Crippen molar-refractivity contribution in [3.8, 4) is 0 Å². The molecular formula is C14H19N3. The Morgan fingerprint density at radius 2 is 2.00 bits per heavy atom. The maximum Gasteiger partial charge on any atom is 0.0745 e. The van der Waals surface area contributed by atoms with Crippen LogP contribution < -0.4 is 5.32 Å². The largest absolute Gasteiger partial charge is 0.308 e. The number of aryl methyl sites for hydroxylation is 2. The molecule has 0 radical (unpaired) electrons. The highest BCUT2D eigenvalue weighted by Gasteiger charge is 2.16. The molecular weight excluding hydrogens is 210 g/mol. The van der Waals surface area contributed by atoms with E-state index in [1.165, 1.54) is 11.3 Å². The van der Waals surface area contributed by atoms with Crippen LogP contribution in [0.25, 0.3) is 0 Å². The van der Waals surface area contributed by atoms with E-state index in [0.29, 0.717) is 0 Å². The summed E-state index contributed by atoms with van der Waals surface area (Å²) in [7, 11) is 1.99. The maximum atomic E-state index is 4.50. The first-order valence-electron chi connectivity index (χ1n) is 6.02. The van der Waals surface area contributed by atoms with Crippen molar-refractivity contribution in [2.24, 2.45) is 0 Å². The van der Waals surface area contributed by atoms with Crippen LogP contribution in [0.5, 0.6) is 0 Å². The second kappa shape index (κ2) is 5.15. The molecule has 0 aliphatic rings. The molecule has 0 spiro atoms. The van der Waals surface area contributed by atoms with Crippen LogP contribution in [0.1, 0.15) is 29.9 Å². The molecule has 1 aromatic carbocycles. The molecule has 2 aromatic rings. The topological polar surface area (TPSA) is 29.9 Å². The molecule has 1 aromatic heterocycles. The van der Waals surface area contributed by atoms with E-state index < -0.39 is 0 Å². The number of hydrogen-bond acceptors (Lipinski definition) is 2. The van der Waals surface area contributed by atoms with Crippen LogP contribution in [0.2, 0.25) is 0 Å². The molecule has 3 heteroatoms. The van der Waals surface area contributed by atoms with E-state index in [4.69, 9.17) is 0 Å². The zero-order chi connectivity index (χ0) is 12.3. The monoisotopic (exact) mass is 229 g/mol. The molecule has 1 atom stereocenters. The van der Waals surface area contributed by atoms with Gasteiger partial charge in [-0.25, -0.2) is 0 Å². The molecule has 3 nitrogen and oxygen atoms in total. The summed E-state index contributed by atoms with van der Waals surface area (Å²) in [6.07, 6.45) is 0. The normalized spacial score (nSPS) is 12.6. The Morgan fingerprint density at radius 3 is 2.59 bits per heavy atom. The third kappa shape index (κ3) is 2.39. The van der Waals surface area contributed by atoms with Crippen molar-refractivity contribution in [1.82, 2.24) is 15.1 Å². The quantitative estimate of drug-likeness (QED) is 0.873. The van der Waals surface area contributed by atoms with Gasteiger partial charge in [-0.1, -0.05) is 30.3 Å². The van der Waals surface area contributed by atoms with Gasteiger partial charge in [-0.15, -0.1) is 0 Å². The van der Waals surface area contributed by atoms with Crippen molar-refractivity contribution in [2.75, 3.05) is 7.05 Å². The van der Waals surface area contributed by atoms with Gasteiger partial charge in [0.25, 0.3) is 0 Å². The van der Waals surface area contributed by atoms with Gasteiger partial charge in [0.1, 0.15) is 0 Å². The molecule has 0 amide bonds. The Kier molecular flexibility index (Phi) is 3.59. The summed E-state index contributed by atoms with van der Waals surface area (Å²) < 4.78 is 2.06. The van der Waals surface area contributed by atoms with Crippen molar-refractivity contribution < 1.29 is 0 Å². The number of nitrogens with one attached hydrogen (secondary N) is 1. The molecule has 1 heterocycles. The summed E-state index contributed by atoms with van der Waals surface area (Å²) in [5.74, 6) is 0. The van der Waals surface area contributed by atoms with E-state index in [0.717, 1.165) is 12.2 Å². The van der Waals surface area contributed by atoms with Crippen LogP contribution in [0.15, 0.2) is 36.4 Å². The molecule has 17 heavy (non-hydrogen) atoms. The lowest BCUT2D eigenvalue weighted by atomic mass is 10.0. The third-order valence-electron chi connectivity index (χ3n) is 2.95.